The number of thioether (sulfide) groups is 1. The maximum atomic E-state index is 13.0. The van der Waals surface area contributed by atoms with E-state index >= 15 is 0 Å². The summed E-state index contributed by atoms with van der Waals surface area (Å²) in [6.07, 6.45) is 0. The lowest BCUT2D eigenvalue weighted by Gasteiger charge is -2.27. The van der Waals surface area contributed by atoms with Crippen LogP contribution in [-0.2, 0) is 0 Å². The van der Waals surface area contributed by atoms with Gasteiger partial charge in [0.25, 0.3) is 5.91 Å². The lowest BCUT2D eigenvalue weighted by atomic mass is 10.1. The zero-order chi connectivity index (χ0) is 16.7. The minimum atomic E-state index is -0.899. The van der Waals surface area contributed by atoms with Crippen LogP contribution in [0.15, 0.2) is 63.9 Å². The minimum absolute atomic E-state index is 0.0841. The first-order valence-electron chi connectivity index (χ1n) is 7.40. The first-order chi connectivity index (χ1) is 11.6. The Morgan fingerprint density at radius 2 is 1.96 bits per heavy atom. The number of carbonyl (C=O) groups is 1. The number of nitrogens with zero attached hydrogens (tertiary/aromatic N) is 4. The summed E-state index contributed by atoms with van der Waals surface area (Å²) < 4.78 is 2.80. The highest BCUT2D eigenvalue weighted by atomic mass is 127. The Balaban J connectivity index is 1.72. The van der Waals surface area contributed by atoms with E-state index < -0.39 is 5.54 Å². The highest BCUT2D eigenvalue weighted by Gasteiger charge is 2.41. The Morgan fingerprint density at radius 1 is 1.21 bits per heavy atom. The summed E-state index contributed by atoms with van der Waals surface area (Å²) >= 11 is 3.78. The summed E-state index contributed by atoms with van der Waals surface area (Å²) in [5.41, 5.74) is 1.49. The van der Waals surface area contributed by atoms with Gasteiger partial charge in [-0.1, -0.05) is 23.9 Å². The van der Waals surface area contributed by atoms with Crippen molar-refractivity contribution in [3.05, 3.63) is 52.1 Å². The van der Waals surface area contributed by atoms with Crippen molar-refractivity contribution in [1.82, 2.24) is 9.55 Å². The molecule has 5 nitrogen and oxygen atoms in total. The highest BCUT2D eigenvalue weighted by molar-refractivity contribution is 14.1. The first kappa shape index (κ1) is 15.8. The van der Waals surface area contributed by atoms with Crippen molar-refractivity contribution in [3.8, 4) is 0 Å². The summed E-state index contributed by atoms with van der Waals surface area (Å²) in [6, 6.07) is 15.4. The molecule has 0 fully saturated rings. The molecule has 0 saturated heterocycles. The molecule has 0 aliphatic carbocycles. The molecular weight excluding hydrogens is 435 g/mol. The molecule has 1 aromatic heterocycles. The molecule has 7 heteroatoms. The van der Waals surface area contributed by atoms with Crippen molar-refractivity contribution in [2.45, 2.75) is 17.6 Å². The van der Waals surface area contributed by atoms with Crippen molar-refractivity contribution in [1.29, 1.82) is 0 Å². The Labute approximate surface area is 156 Å². The fourth-order valence-corrected chi connectivity index (χ4v) is 3.98. The smallest absolute Gasteiger partial charge is 0.263 e. The Morgan fingerprint density at radius 3 is 2.75 bits per heavy atom. The van der Waals surface area contributed by atoms with Gasteiger partial charge in [-0.15, -0.1) is 0 Å². The van der Waals surface area contributed by atoms with Crippen LogP contribution in [0.4, 0.5) is 5.69 Å². The largest absolute Gasteiger partial charge is 0.271 e. The molecular formula is C17H13IN4OS. The lowest BCUT2D eigenvalue weighted by Crippen LogP contribution is -2.42. The van der Waals surface area contributed by atoms with E-state index in [1.807, 2.05) is 55.5 Å². The molecule has 1 atom stereocenters. The summed E-state index contributed by atoms with van der Waals surface area (Å²) in [5, 5.41) is 9.39. The van der Waals surface area contributed by atoms with Crippen LogP contribution in [0.1, 0.15) is 11.7 Å². The van der Waals surface area contributed by atoms with Gasteiger partial charge >= 0.3 is 0 Å². The van der Waals surface area contributed by atoms with E-state index in [0.29, 0.717) is 5.75 Å². The van der Waals surface area contributed by atoms with Gasteiger partial charge in [0.2, 0.25) is 0 Å². The number of imidazole rings is 1. The number of hydrogen-bond acceptors (Lipinski definition) is 5. The van der Waals surface area contributed by atoms with Gasteiger partial charge in [0.1, 0.15) is 0 Å². The molecule has 0 bridgehead atoms. The Bertz CT molecular complexity index is 966. The average molecular weight is 448 g/mol. The minimum Gasteiger partial charge on any atom is -0.271 e. The fraction of sp³-hybridized carbons (Fsp3) is 0.176. The van der Waals surface area contributed by atoms with Crippen LogP contribution >= 0.6 is 34.4 Å². The number of azo groups is 1. The lowest BCUT2D eigenvalue weighted by molar-refractivity contribution is 0.0816. The van der Waals surface area contributed by atoms with Crippen molar-refractivity contribution in [3.63, 3.8) is 0 Å². The molecule has 4 rings (SSSR count). The van der Waals surface area contributed by atoms with Gasteiger partial charge in [-0.2, -0.15) is 10.2 Å². The van der Waals surface area contributed by atoms with E-state index in [4.69, 9.17) is 0 Å². The van der Waals surface area contributed by atoms with Crippen molar-refractivity contribution >= 4 is 57.0 Å². The summed E-state index contributed by atoms with van der Waals surface area (Å²) in [5.74, 6) is 0.447. The predicted molar refractivity (Wildman–Crippen MR) is 103 cm³/mol. The second-order valence-electron chi connectivity index (χ2n) is 5.76. The third-order valence-electron chi connectivity index (χ3n) is 3.89. The van der Waals surface area contributed by atoms with E-state index in [0.717, 1.165) is 25.4 Å². The number of aromatic nitrogens is 2. The number of halogens is 1. The van der Waals surface area contributed by atoms with E-state index in [1.54, 1.807) is 4.57 Å². The topological polar surface area (TPSA) is 59.6 Å². The summed E-state index contributed by atoms with van der Waals surface area (Å²) in [7, 11) is 0. The van der Waals surface area contributed by atoms with E-state index in [1.165, 1.54) is 11.8 Å². The van der Waals surface area contributed by atoms with Crippen LogP contribution in [0.2, 0.25) is 0 Å². The molecule has 1 unspecified atom stereocenters. The quantitative estimate of drug-likeness (QED) is 0.413. The van der Waals surface area contributed by atoms with Crippen molar-refractivity contribution < 1.29 is 4.79 Å². The molecule has 2 heterocycles. The monoisotopic (exact) mass is 448 g/mol. The van der Waals surface area contributed by atoms with E-state index in [-0.39, 0.29) is 5.91 Å². The van der Waals surface area contributed by atoms with Crippen LogP contribution in [0.5, 0.6) is 0 Å². The third-order valence-corrected chi connectivity index (χ3v) is 5.85. The molecule has 1 aliphatic rings. The number of benzene rings is 2. The maximum Gasteiger partial charge on any atom is 0.263 e. The van der Waals surface area contributed by atoms with Gasteiger partial charge in [-0.25, -0.2) is 4.98 Å². The Kier molecular flexibility index (Phi) is 3.92. The molecule has 1 aliphatic heterocycles. The normalized spacial score (nSPS) is 20.7. The molecule has 2 aromatic carbocycles. The molecule has 0 spiro atoms. The van der Waals surface area contributed by atoms with Crippen LogP contribution in [0, 0.1) is 3.57 Å². The second kappa shape index (κ2) is 5.96. The fourth-order valence-electron chi connectivity index (χ4n) is 2.55. The maximum absolute atomic E-state index is 13.0. The number of para-hydroxylation sites is 2. The molecule has 0 amide bonds. The number of carbonyl (C=O) groups excluding carboxylic acids is 1. The molecule has 0 N–H and O–H groups in total. The van der Waals surface area contributed by atoms with Crippen LogP contribution < -0.4 is 0 Å². The third kappa shape index (κ3) is 2.65. The predicted octanol–water partition coefficient (Wildman–Crippen LogP) is 4.93. The average Bonchev–Trinajstić information content (AvgIpc) is 2.97. The van der Waals surface area contributed by atoms with Gasteiger partial charge in [0.15, 0.2) is 10.7 Å². The molecule has 120 valence electrons. The number of hydrogen-bond donors (Lipinski definition) is 0. The number of rotatable bonds is 2. The summed E-state index contributed by atoms with van der Waals surface area (Å²) in [6.45, 7) is 1.83. The van der Waals surface area contributed by atoms with Gasteiger partial charge in [-0.3, -0.25) is 9.36 Å². The van der Waals surface area contributed by atoms with Gasteiger partial charge < -0.3 is 0 Å². The molecule has 0 radical (unpaired) electrons. The van der Waals surface area contributed by atoms with E-state index in [2.05, 4.69) is 37.8 Å². The van der Waals surface area contributed by atoms with Crippen molar-refractivity contribution in [2.75, 3.05) is 5.75 Å². The summed E-state index contributed by atoms with van der Waals surface area (Å²) in [4.78, 5) is 17.6. The Hall–Kier alpha value is -1.74. The van der Waals surface area contributed by atoms with Gasteiger partial charge in [-0.05, 0) is 65.9 Å². The highest BCUT2D eigenvalue weighted by Crippen LogP contribution is 2.35. The first-order valence-corrected chi connectivity index (χ1v) is 9.47. The SMILES string of the molecule is CC1(N=Nc2ccc(I)cc2)CSc2nc3ccccc3n2C1=O. The zero-order valence-electron chi connectivity index (χ0n) is 12.8. The number of fused-ring (bicyclic) bond motifs is 3. The zero-order valence-corrected chi connectivity index (χ0v) is 15.8. The second-order valence-corrected chi connectivity index (χ2v) is 7.95. The van der Waals surface area contributed by atoms with Crippen LogP contribution in [-0.4, -0.2) is 26.8 Å². The van der Waals surface area contributed by atoms with Crippen LogP contribution in [0.3, 0.4) is 0 Å². The van der Waals surface area contributed by atoms with Gasteiger partial charge in [0.05, 0.1) is 16.7 Å². The molecule has 24 heavy (non-hydrogen) atoms. The van der Waals surface area contributed by atoms with E-state index in [9.17, 15) is 4.79 Å². The molecule has 3 aromatic rings. The molecule has 0 saturated carbocycles. The van der Waals surface area contributed by atoms with Gasteiger partial charge in [0, 0.05) is 9.32 Å². The van der Waals surface area contributed by atoms with Crippen molar-refractivity contribution in [2.24, 2.45) is 10.2 Å². The van der Waals surface area contributed by atoms with Crippen LogP contribution in [0.25, 0.3) is 11.0 Å². The standard InChI is InChI=1S/C17H13IN4OS/c1-17(21-20-12-8-6-11(18)7-9-12)10-24-16-19-13-4-2-3-5-14(13)22(16)15(17)23/h2-9H,10H2,1H3.